The molecule has 20 heavy (non-hydrogen) atoms. The van der Waals surface area contributed by atoms with Gasteiger partial charge >= 0.3 is 0 Å². The molecule has 0 spiro atoms. The quantitative estimate of drug-likeness (QED) is 0.926. The number of rotatable bonds is 3. The lowest BCUT2D eigenvalue weighted by Gasteiger charge is -2.36. The smallest absolute Gasteiger partial charge is 0.0476 e. The number of aryl methyl sites for hydroxylation is 1. The van der Waals surface area contributed by atoms with Gasteiger partial charge in [0.2, 0.25) is 0 Å². The molecule has 3 rings (SSSR count). The van der Waals surface area contributed by atoms with Crippen LogP contribution in [0.5, 0.6) is 0 Å². The largest absolute Gasteiger partial charge is 0.314 e. The van der Waals surface area contributed by atoms with E-state index in [1.165, 1.54) is 11.1 Å². The number of nitrogens with zero attached hydrogens (tertiary/aromatic N) is 2. The number of nitrogens with one attached hydrogen (secondary N) is 1. The average Bonchev–Trinajstić information content (AvgIpc) is 2.51. The molecule has 1 fully saturated rings. The van der Waals surface area contributed by atoms with Crippen LogP contribution in [0.25, 0.3) is 0 Å². The fourth-order valence-electron chi connectivity index (χ4n) is 2.77. The summed E-state index contributed by atoms with van der Waals surface area (Å²) in [4.78, 5) is 6.94. The summed E-state index contributed by atoms with van der Waals surface area (Å²) in [6.07, 6.45) is 2.00. The fourth-order valence-corrected chi connectivity index (χ4v) is 2.77. The SMILES string of the molecule is Cc1ccc(CN2CCNC[C@@H]2c2ccccc2)cn1. The molecule has 1 atom stereocenters. The highest BCUT2D eigenvalue weighted by molar-refractivity contribution is 5.21. The molecule has 3 nitrogen and oxygen atoms in total. The van der Waals surface area contributed by atoms with E-state index in [9.17, 15) is 0 Å². The van der Waals surface area contributed by atoms with Gasteiger partial charge < -0.3 is 5.32 Å². The van der Waals surface area contributed by atoms with Gasteiger partial charge in [-0.2, -0.15) is 0 Å². The first kappa shape index (κ1) is 13.3. The number of hydrogen-bond donors (Lipinski definition) is 1. The molecule has 0 saturated carbocycles. The van der Waals surface area contributed by atoms with Gasteiger partial charge in [0, 0.05) is 44.1 Å². The van der Waals surface area contributed by atoms with Gasteiger partial charge in [-0.05, 0) is 24.1 Å². The van der Waals surface area contributed by atoms with Gasteiger partial charge in [-0.25, -0.2) is 0 Å². The summed E-state index contributed by atoms with van der Waals surface area (Å²) in [6.45, 7) is 6.15. The van der Waals surface area contributed by atoms with Crippen LogP contribution >= 0.6 is 0 Å². The van der Waals surface area contributed by atoms with Gasteiger partial charge in [0.25, 0.3) is 0 Å². The van der Waals surface area contributed by atoms with E-state index >= 15 is 0 Å². The first-order valence-corrected chi connectivity index (χ1v) is 7.24. The molecule has 1 aromatic carbocycles. The lowest BCUT2D eigenvalue weighted by molar-refractivity contribution is 0.153. The van der Waals surface area contributed by atoms with Crippen LogP contribution in [0, 0.1) is 6.92 Å². The second kappa shape index (κ2) is 6.16. The molecule has 0 bridgehead atoms. The molecular formula is C17H21N3. The van der Waals surface area contributed by atoms with E-state index in [2.05, 4.69) is 57.7 Å². The topological polar surface area (TPSA) is 28.2 Å². The van der Waals surface area contributed by atoms with Crippen LogP contribution in [0.15, 0.2) is 48.7 Å². The summed E-state index contributed by atoms with van der Waals surface area (Å²) in [5.74, 6) is 0. The molecule has 1 N–H and O–H groups in total. The molecule has 1 saturated heterocycles. The van der Waals surface area contributed by atoms with E-state index in [4.69, 9.17) is 0 Å². The maximum Gasteiger partial charge on any atom is 0.0476 e. The zero-order valence-electron chi connectivity index (χ0n) is 11.9. The van der Waals surface area contributed by atoms with Crippen molar-refractivity contribution in [1.82, 2.24) is 15.2 Å². The van der Waals surface area contributed by atoms with E-state index < -0.39 is 0 Å². The number of benzene rings is 1. The highest BCUT2D eigenvalue weighted by Crippen LogP contribution is 2.23. The third-order valence-corrected chi connectivity index (χ3v) is 3.90. The second-order valence-corrected chi connectivity index (χ2v) is 5.41. The van der Waals surface area contributed by atoms with Gasteiger partial charge in [-0.3, -0.25) is 9.88 Å². The Morgan fingerprint density at radius 3 is 2.80 bits per heavy atom. The second-order valence-electron chi connectivity index (χ2n) is 5.41. The van der Waals surface area contributed by atoms with E-state index in [1.807, 2.05) is 13.1 Å². The predicted octanol–water partition coefficient (Wildman–Crippen LogP) is 2.54. The molecule has 104 valence electrons. The van der Waals surface area contributed by atoms with E-state index in [1.54, 1.807) is 0 Å². The molecule has 3 heteroatoms. The van der Waals surface area contributed by atoms with E-state index in [0.29, 0.717) is 6.04 Å². The minimum atomic E-state index is 0.450. The van der Waals surface area contributed by atoms with Crippen LogP contribution in [0.2, 0.25) is 0 Å². The van der Waals surface area contributed by atoms with Crippen LogP contribution in [0.4, 0.5) is 0 Å². The molecule has 2 aromatic rings. The molecule has 0 unspecified atom stereocenters. The number of pyridine rings is 1. The Kier molecular flexibility index (Phi) is 4.09. The Bertz CT molecular complexity index is 536. The highest BCUT2D eigenvalue weighted by atomic mass is 15.2. The zero-order valence-corrected chi connectivity index (χ0v) is 11.9. The number of aromatic nitrogens is 1. The molecular weight excluding hydrogens is 246 g/mol. The molecule has 0 radical (unpaired) electrons. The van der Waals surface area contributed by atoms with E-state index in [-0.39, 0.29) is 0 Å². The van der Waals surface area contributed by atoms with Crippen molar-refractivity contribution in [2.75, 3.05) is 19.6 Å². The van der Waals surface area contributed by atoms with Crippen molar-refractivity contribution in [2.24, 2.45) is 0 Å². The molecule has 0 amide bonds. The van der Waals surface area contributed by atoms with Crippen molar-refractivity contribution in [3.8, 4) is 0 Å². The van der Waals surface area contributed by atoms with E-state index in [0.717, 1.165) is 31.9 Å². The van der Waals surface area contributed by atoms with Crippen LogP contribution in [-0.4, -0.2) is 29.5 Å². The molecule has 2 heterocycles. The molecule has 0 aliphatic carbocycles. The van der Waals surface area contributed by atoms with Crippen molar-refractivity contribution in [2.45, 2.75) is 19.5 Å². The lowest BCUT2D eigenvalue weighted by Crippen LogP contribution is -2.45. The maximum absolute atomic E-state index is 4.40. The molecule has 1 aliphatic rings. The monoisotopic (exact) mass is 267 g/mol. The van der Waals surface area contributed by atoms with Crippen molar-refractivity contribution in [3.63, 3.8) is 0 Å². The first-order valence-electron chi connectivity index (χ1n) is 7.24. The Hall–Kier alpha value is -1.71. The molecule has 1 aromatic heterocycles. The third kappa shape index (κ3) is 3.06. The van der Waals surface area contributed by atoms with Crippen molar-refractivity contribution in [1.29, 1.82) is 0 Å². The highest BCUT2D eigenvalue weighted by Gasteiger charge is 2.23. The Morgan fingerprint density at radius 1 is 1.20 bits per heavy atom. The summed E-state index contributed by atoms with van der Waals surface area (Å²) >= 11 is 0. The van der Waals surface area contributed by atoms with Crippen LogP contribution < -0.4 is 5.32 Å². The summed E-state index contributed by atoms with van der Waals surface area (Å²) in [5, 5.41) is 3.50. The van der Waals surface area contributed by atoms with Gasteiger partial charge in [0.05, 0.1) is 0 Å². The van der Waals surface area contributed by atoms with Crippen molar-refractivity contribution in [3.05, 3.63) is 65.5 Å². The van der Waals surface area contributed by atoms with Gasteiger partial charge in [-0.15, -0.1) is 0 Å². The van der Waals surface area contributed by atoms with Crippen LogP contribution in [0.1, 0.15) is 22.9 Å². The third-order valence-electron chi connectivity index (χ3n) is 3.90. The van der Waals surface area contributed by atoms with Gasteiger partial charge in [-0.1, -0.05) is 36.4 Å². The minimum absolute atomic E-state index is 0.450. The summed E-state index contributed by atoms with van der Waals surface area (Å²) < 4.78 is 0. The fraction of sp³-hybridized carbons (Fsp3) is 0.353. The summed E-state index contributed by atoms with van der Waals surface area (Å²) in [7, 11) is 0. The minimum Gasteiger partial charge on any atom is -0.314 e. The standard InChI is InChI=1S/C17H21N3/c1-14-7-8-15(11-19-14)13-20-10-9-18-12-17(20)16-5-3-2-4-6-16/h2-8,11,17-18H,9-10,12-13H2,1H3/t17-/m1/s1. The normalized spacial score (nSPS) is 19.9. The van der Waals surface area contributed by atoms with Crippen LogP contribution in [-0.2, 0) is 6.54 Å². The Balaban J connectivity index is 1.77. The summed E-state index contributed by atoms with van der Waals surface area (Å²) in [6, 6.07) is 15.5. The average molecular weight is 267 g/mol. The summed E-state index contributed by atoms with van der Waals surface area (Å²) in [5.41, 5.74) is 3.76. The number of hydrogen-bond acceptors (Lipinski definition) is 3. The van der Waals surface area contributed by atoms with Gasteiger partial charge in [0.1, 0.15) is 0 Å². The first-order chi connectivity index (χ1) is 9.83. The lowest BCUT2D eigenvalue weighted by atomic mass is 10.0. The molecule has 1 aliphatic heterocycles. The van der Waals surface area contributed by atoms with Crippen molar-refractivity contribution >= 4 is 0 Å². The Morgan fingerprint density at radius 2 is 2.05 bits per heavy atom. The Labute approximate surface area is 120 Å². The zero-order chi connectivity index (χ0) is 13.8. The maximum atomic E-state index is 4.40. The van der Waals surface area contributed by atoms with Crippen LogP contribution in [0.3, 0.4) is 0 Å². The van der Waals surface area contributed by atoms with Gasteiger partial charge in [0.15, 0.2) is 0 Å². The predicted molar refractivity (Wildman–Crippen MR) is 81.4 cm³/mol. The van der Waals surface area contributed by atoms with Crippen molar-refractivity contribution < 1.29 is 0 Å². The number of piperazine rings is 1.